The highest BCUT2D eigenvalue weighted by molar-refractivity contribution is 5.92. The van der Waals surface area contributed by atoms with Crippen LogP contribution < -0.4 is 5.32 Å². The lowest BCUT2D eigenvalue weighted by molar-refractivity contribution is 0.0700. The summed E-state index contributed by atoms with van der Waals surface area (Å²) in [6, 6.07) is 0.212. The van der Waals surface area contributed by atoms with Crippen molar-refractivity contribution in [3.05, 3.63) is 11.9 Å². The van der Waals surface area contributed by atoms with Crippen LogP contribution in [0.4, 0.5) is 5.95 Å². The zero-order chi connectivity index (χ0) is 13.1. The van der Waals surface area contributed by atoms with Crippen molar-refractivity contribution in [3.63, 3.8) is 0 Å². The van der Waals surface area contributed by atoms with Crippen molar-refractivity contribution in [2.75, 3.05) is 18.4 Å². The molecule has 1 aliphatic rings. The van der Waals surface area contributed by atoms with Gasteiger partial charge in [-0.05, 0) is 26.7 Å². The molecule has 2 rings (SSSR count). The minimum absolute atomic E-state index is 0.0375. The van der Waals surface area contributed by atoms with Crippen LogP contribution in [0.2, 0.25) is 0 Å². The van der Waals surface area contributed by atoms with Gasteiger partial charge in [0.05, 0.1) is 0 Å². The number of imidazole rings is 1. The molecule has 0 saturated carbocycles. The van der Waals surface area contributed by atoms with Crippen LogP contribution in [0, 0.1) is 0 Å². The average molecular weight is 250 g/mol. The number of rotatable bonds is 4. The molecule has 0 bridgehead atoms. The second-order valence-electron chi connectivity index (χ2n) is 5.02. The van der Waals surface area contributed by atoms with Gasteiger partial charge in [-0.2, -0.15) is 0 Å². The van der Waals surface area contributed by atoms with Crippen molar-refractivity contribution in [3.8, 4) is 0 Å². The minimum atomic E-state index is 0.0375. The van der Waals surface area contributed by atoms with Crippen LogP contribution in [0.1, 0.15) is 44.1 Å². The van der Waals surface area contributed by atoms with Gasteiger partial charge in [-0.25, -0.2) is 4.98 Å². The predicted octanol–water partition coefficient (Wildman–Crippen LogP) is 1.96. The molecule has 0 spiro atoms. The van der Waals surface area contributed by atoms with Gasteiger partial charge < -0.3 is 14.8 Å². The first kappa shape index (κ1) is 12.9. The Balaban J connectivity index is 2.19. The molecule has 0 atom stereocenters. The largest absolute Gasteiger partial charge is 0.356 e. The highest BCUT2D eigenvalue weighted by atomic mass is 16.2. The van der Waals surface area contributed by atoms with E-state index in [4.69, 9.17) is 0 Å². The summed E-state index contributed by atoms with van der Waals surface area (Å²) in [5.74, 6) is 0.861. The Morgan fingerprint density at radius 3 is 3.00 bits per heavy atom. The van der Waals surface area contributed by atoms with Crippen molar-refractivity contribution in [1.29, 1.82) is 0 Å². The third kappa shape index (κ3) is 2.49. The number of nitrogens with zero attached hydrogens (tertiary/aromatic N) is 3. The van der Waals surface area contributed by atoms with E-state index in [0.717, 1.165) is 38.4 Å². The van der Waals surface area contributed by atoms with Crippen molar-refractivity contribution in [2.24, 2.45) is 0 Å². The molecular formula is C13H22N4O. The Labute approximate surface area is 108 Å². The number of anilines is 1. The van der Waals surface area contributed by atoms with Gasteiger partial charge in [0.15, 0.2) is 0 Å². The molecule has 5 nitrogen and oxygen atoms in total. The Morgan fingerprint density at radius 1 is 1.61 bits per heavy atom. The summed E-state index contributed by atoms with van der Waals surface area (Å²) >= 11 is 0. The summed E-state index contributed by atoms with van der Waals surface area (Å²) in [5, 5.41) is 3.22. The lowest BCUT2D eigenvalue weighted by Gasteiger charge is -2.25. The van der Waals surface area contributed by atoms with Crippen molar-refractivity contribution >= 4 is 11.9 Å². The van der Waals surface area contributed by atoms with E-state index in [9.17, 15) is 4.79 Å². The van der Waals surface area contributed by atoms with E-state index in [1.165, 1.54) is 0 Å². The quantitative estimate of drug-likeness (QED) is 0.888. The lowest BCUT2D eigenvalue weighted by Crippen LogP contribution is -2.37. The predicted molar refractivity (Wildman–Crippen MR) is 71.8 cm³/mol. The fraction of sp³-hybridized carbons (Fsp3) is 0.692. The molecule has 2 heterocycles. The van der Waals surface area contributed by atoms with Gasteiger partial charge in [0.2, 0.25) is 5.95 Å². The Morgan fingerprint density at radius 2 is 2.39 bits per heavy atom. The lowest BCUT2D eigenvalue weighted by atomic mass is 10.2. The van der Waals surface area contributed by atoms with Gasteiger partial charge in [0.25, 0.3) is 5.91 Å². The zero-order valence-corrected chi connectivity index (χ0v) is 11.4. The summed E-state index contributed by atoms with van der Waals surface area (Å²) < 4.78 is 2.03. The summed E-state index contributed by atoms with van der Waals surface area (Å²) in [4.78, 5) is 18.7. The first-order valence-electron chi connectivity index (χ1n) is 6.75. The van der Waals surface area contributed by atoms with Crippen molar-refractivity contribution in [1.82, 2.24) is 14.5 Å². The van der Waals surface area contributed by atoms with Gasteiger partial charge in [-0.1, -0.05) is 6.92 Å². The van der Waals surface area contributed by atoms with Gasteiger partial charge in [0, 0.05) is 31.9 Å². The van der Waals surface area contributed by atoms with E-state index in [1.54, 1.807) is 0 Å². The minimum Gasteiger partial charge on any atom is -0.356 e. The molecule has 5 heteroatoms. The summed E-state index contributed by atoms with van der Waals surface area (Å²) in [6.45, 7) is 8.84. The SMILES string of the molecule is CCCN(C(=O)c1cn2c(n1)NCCC2)C(C)C. The molecule has 1 aromatic heterocycles. The molecule has 1 aromatic rings. The third-order valence-corrected chi connectivity index (χ3v) is 3.20. The second kappa shape index (κ2) is 5.42. The van der Waals surface area contributed by atoms with Crippen LogP contribution in [-0.4, -0.2) is 39.5 Å². The smallest absolute Gasteiger partial charge is 0.274 e. The zero-order valence-electron chi connectivity index (χ0n) is 11.4. The Kier molecular flexibility index (Phi) is 3.89. The van der Waals surface area contributed by atoms with E-state index in [1.807, 2.05) is 29.5 Å². The Hall–Kier alpha value is -1.52. The van der Waals surface area contributed by atoms with Gasteiger partial charge in [-0.15, -0.1) is 0 Å². The van der Waals surface area contributed by atoms with Crippen LogP contribution in [-0.2, 0) is 6.54 Å². The average Bonchev–Trinajstić information content (AvgIpc) is 2.78. The number of aromatic nitrogens is 2. The maximum Gasteiger partial charge on any atom is 0.274 e. The van der Waals surface area contributed by atoms with E-state index >= 15 is 0 Å². The third-order valence-electron chi connectivity index (χ3n) is 3.20. The standard InChI is InChI=1S/C13H22N4O/c1-4-7-17(10(2)3)12(18)11-9-16-8-5-6-14-13(16)15-11/h9-10H,4-8H2,1-3H3,(H,14,15). The molecule has 0 aliphatic carbocycles. The molecule has 0 radical (unpaired) electrons. The molecule has 100 valence electrons. The van der Waals surface area contributed by atoms with Gasteiger partial charge in [-0.3, -0.25) is 4.79 Å². The number of nitrogens with one attached hydrogen (secondary N) is 1. The maximum atomic E-state index is 12.4. The molecular weight excluding hydrogens is 228 g/mol. The number of fused-ring (bicyclic) bond motifs is 1. The van der Waals surface area contributed by atoms with Crippen LogP contribution in [0.3, 0.4) is 0 Å². The maximum absolute atomic E-state index is 12.4. The van der Waals surface area contributed by atoms with Gasteiger partial charge >= 0.3 is 0 Å². The molecule has 0 saturated heterocycles. The van der Waals surface area contributed by atoms with Crippen LogP contribution in [0.15, 0.2) is 6.20 Å². The van der Waals surface area contributed by atoms with Gasteiger partial charge in [0.1, 0.15) is 5.69 Å². The van der Waals surface area contributed by atoms with E-state index in [2.05, 4.69) is 17.2 Å². The summed E-state index contributed by atoms with van der Waals surface area (Å²) in [5.41, 5.74) is 0.557. The van der Waals surface area contributed by atoms with E-state index in [0.29, 0.717) is 5.69 Å². The number of hydrogen-bond donors (Lipinski definition) is 1. The van der Waals surface area contributed by atoms with Crippen LogP contribution in [0.5, 0.6) is 0 Å². The number of amides is 1. The topological polar surface area (TPSA) is 50.2 Å². The molecule has 1 N–H and O–H groups in total. The first-order chi connectivity index (χ1) is 8.63. The summed E-state index contributed by atoms with van der Waals surface area (Å²) in [7, 11) is 0. The molecule has 1 amide bonds. The first-order valence-corrected chi connectivity index (χ1v) is 6.75. The van der Waals surface area contributed by atoms with Crippen LogP contribution in [0.25, 0.3) is 0 Å². The number of hydrogen-bond acceptors (Lipinski definition) is 3. The highest BCUT2D eigenvalue weighted by Gasteiger charge is 2.22. The normalized spacial score (nSPS) is 14.2. The number of carbonyl (C=O) groups excluding carboxylic acids is 1. The monoisotopic (exact) mass is 250 g/mol. The molecule has 0 unspecified atom stereocenters. The van der Waals surface area contributed by atoms with Crippen molar-refractivity contribution in [2.45, 2.75) is 46.2 Å². The van der Waals surface area contributed by atoms with E-state index in [-0.39, 0.29) is 11.9 Å². The molecule has 0 aromatic carbocycles. The fourth-order valence-electron chi connectivity index (χ4n) is 2.26. The molecule has 1 aliphatic heterocycles. The van der Waals surface area contributed by atoms with E-state index < -0.39 is 0 Å². The second-order valence-corrected chi connectivity index (χ2v) is 5.02. The summed E-state index contributed by atoms with van der Waals surface area (Å²) in [6.07, 6.45) is 3.92. The number of carbonyl (C=O) groups is 1. The van der Waals surface area contributed by atoms with Crippen molar-refractivity contribution < 1.29 is 4.79 Å². The fourth-order valence-corrected chi connectivity index (χ4v) is 2.26. The number of aryl methyl sites for hydroxylation is 1. The molecule has 0 fully saturated rings. The molecule has 18 heavy (non-hydrogen) atoms. The van der Waals surface area contributed by atoms with Crippen LogP contribution >= 0.6 is 0 Å². The Bertz CT molecular complexity index is 401. The highest BCUT2D eigenvalue weighted by Crippen LogP contribution is 2.16.